The van der Waals surface area contributed by atoms with Crippen LogP contribution in [0.4, 0.5) is 0 Å². The van der Waals surface area contributed by atoms with Crippen molar-refractivity contribution in [2.45, 2.75) is 13.0 Å². The molecular formula is C13H16N2. The number of nitrogens with one attached hydrogen (secondary N) is 1. The fraction of sp³-hybridized carbons (Fsp3) is 0.231. The number of nitrogens with two attached hydrogens (primary N) is 1. The van der Waals surface area contributed by atoms with Crippen molar-refractivity contribution in [2.24, 2.45) is 11.7 Å². The molecule has 0 spiro atoms. The van der Waals surface area contributed by atoms with Crippen LogP contribution in [0, 0.1) is 5.92 Å². The molecule has 0 radical (unpaired) electrons. The van der Waals surface area contributed by atoms with Crippen LogP contribution in [0.1, 0.15) is 18.5 Å². The Morgan fingerprint density at radius 2 is 2.13 bits per heavy atom. The summed E-state index contributed by atoms with van der Waals surface area (Å²) in [4.78, 5) is 3.23. The van der Waals surface area contributed by atoms with Gasteiger partial charge >= 0.3 is 0 Å². The van der Waals surface area contributed by atoms with Crippen LogP contribution in [0.5, 0.6) is 0 Å². The summed E-state index contributed by atoms with van der Waals surface area (Å²) in [7, 11) is 0. The van der Waals surface area contributed by atoms with Crippen LogP contribution in [0.15, 0.2) is 43.1 Å². The highest BCUT2D eigenvalue weighted by Crippen LogP contribution is 2.27. The molecule has 0 aliphatic rings. The second-order valence-electron chi connectivity index (χ2n) is 3.91. The molecule has 0 amide bonds. The number of rotatable bonds is 3. The number of benzene rings is 1. The van der Waals surface area contributed by atoms with Crippen molar-refractivity contribution < 1.29 is 0 Å². The lowest BCUT2D eigenvalue weighted by Gasteiger charge is -2.15. The Bertz CT molecular complexity index is 470. The van der Waals surface area contributed by atoms with Crippen LogP contribution >= 0.6 is 0 Å². The standard InChI is InChI=1S/C13H16N2/c1-3-9(2)13(14)11-8-15-12-7-5-4-6-10(11)12/h3-9,13,15H,1,14H2,2H3/t9-,13?/m1/s1. The maximum Gasteiger partial charge on any atom is 0.0457 e. The molecule has 78 valence electrons. The summed E-state index contributed by atoms with van der Waals surface area (Å²) in [6.07, 6.45) is 3.89. The third kappa shape index (κ3) is 1.68. The topological polar surface area (TPSA) is 41.8 Å². The van der Waals surface area contributed by atoms with E-state index in [2.05, 4.69) is 30.6 Å². The van der Waals surface area contributed by atoms with Gasteiger partial charge in [-0.05, 0) is 17.5 Å². The molecule has 1 aromatic carbocycles. The predicted octanol–water partition coefficient (Wildman–Crippen LogP) is 2.99. The van der Waals surface area contributed by atoms with E-state index in [9.17, 15) is 0 Å². The maximum absolute atomic E-state index is 6.17. The molecule has 0 aliphatic carbocycles. The van der Waals surface area contributed by atoms with Crippen molar-refractivity contribution in [3.63, 3.8) is 0 Å². The quantitative estimate of drug-likeness (QED) is 0.735. The Hall–Kier alpha value is -1.54. The van der Waals surface area contributed by atoms with Crippen LogP contribution in [0.3, 0.4) is 0 Å². The van der Waals surface area contributed by atoms with Crippen LogP contribution in [-0.4, -0.2) is 4.98 Å². The zero-order chi connectivity index (χ0) is 10.8. The van der Waals surface area contributed by atoms with E-state index >= 15 is 0 Å². The second kappa shape index (κ2) is 3.91. The summed E-state index contributed by atoms with van der Waals surface area (Å²) in [5, 5.41) is 1.21. The Kier molecular flexibility index (Phi) is 2.60. The molecule has 2 rings (SSSR count). The van der Waals surface area contributed by atoms with Crippen molar-refractivity contribution >= 4 is 10.9 Å². The van der Waals surface area contributed by atoms with Crippen LogP contribution in [-0.2, 0) is 0 Å². The zero-order valence-electron chi connectivity index (χ0n) is 8.90. The van der Waals surface area contributed by atoms with Gasteiger partial charge in [0.25, 0.3) is 0 Å². The molecular weight excluding hydrogens is 184 g/mol. The van der Waals surface area contributed by atoms with Gasteiger partial charge in [0.1, 0.15) is 0 Å². The van der Waals surface area contributed by atoms with Crippen LogP contribution in [0.25, 0.3) is 10.9 Å². The second-order valence-corrected chi connectivity index (χ2v) is 3.91. The van der Waals surface area contributed by atoms with Gasteiger partial charge in [0, 0.05) is 23.1 Å². The van der Waals surface area contributed by atoms with Gasteiger partial charge in [0.2, 0.25) is 0 Å². The molecule has 2 atom stereocenters. The molecule has 15 heavy (non-hydrogen) atoms. The number of aromatic nitrogens is 1. The highest BCUT2D eigenvalue weighted by molar-refractivity contribution is 5.83. The molecule has 0 bridgehead atoms. The van der Waals surface area contributed by atoms with E-state index in [0.717, 1.165) is 11.1 Å². The first-order valence-electron chi connectivity index (χ1n) is 5.18. The molecule has 1 aromatic heterocycles. The van der Waals surface area contributed by atoms with Gasteiger partial charge in [-0.2, -0.15) is 0 Å². The fourth-order valence-corrected chi connectivity index (χ4v) is 1.80. The van der Waals surface area contributed by atoms with E-state index in [1.54, 1.807) is 0 Å². The summed E-state index contributed by atoms with van der Waals surface area (Å²) in [6, 6.07) is 8.22. The number of para-hydroxylation sites is 1. The molecule has 1 unspecified atom stereocenters. The van der Waals surface area contributed by atoms with Crippen molar-refractivity contribution in [3.05, 3.63) is 48.7 Å². The lowest BCUT2D eigenvalue weighted by Crippen LogP contribution is -2.16. The van der Waals surface area contributed by atoms with Crippen molar-refractivity contribution in [2.75, 3.05) is 0 Å². The van der Waals surface area contributed by atoms with Gasteiger partial charge in [-0.15, -0.1) is 6.58 Å². The molecule has 2 nitrogen and oxygen atoms in total. The Balaban J connectivity index is 2.48. The van der Waals surface area contributed by atoms with Gasteiger partial charge in [0.15, 0.2) is 0 Å². The Labute approximate surface area is 89.8 Å². The van der Waals surface area contributed by atoms with Gasteiger partial charge in [-0.25, -0.2) is 0 Å². The first-order valence-corrected chi connectivity index (χ1v) is 5.18. The molecule has 0 saturated carbocycles. The Morgan fingerprint density at radius 1 is 1.40 bits per heavy atom. The van der Waals surface area contributed by atoms with Gasteiger partial charge in [-0.1, -0.05) is 31.2 Å². The minimum absolute atomic E-state index is 0.0126. The lowest BCUT2D eigenvalue weighted by atomic mass is 9.95. The molecule has 3 N–H and O–H groups in total. The minimum Gasteiger partial charge on any atom is -0.361 e. The average molecular weight is 200 g/mol. The lowest BCUT2D eigenvalue weighted by molar-refractivity contribution is 0.571. The molecule has 1 heterocycles. The fourth-order valence-electron chi connectivity index (χ4n) is 1.80. The molecule has 2 heteroatoms. The number of hydrogen-bond donors (Lipinski definition) is 2. The summed E-state index contributed by atoms with van der Waals surface area (Å²) in [5.41, 5.74) is 8.47. The summed E-state index contributed by atoms with van der Waals surface area (Å²) in [5.74, 6) is 0.282. The zero-order valence-corrected chi connectivity index (χ0v) is 8.90. The molecule has 2 aromatic rings. The largest absolute Gasteiger partial charge is 0.361 e. The summed E-state index contributed by atoms with van der Waals surface area (Å²) in [6.45, 7) is 5.86. The van der Waals surface area contributed by atoms with Gasteiger partial charge in [0.05, 0.1) is 0 Å². The summed E-state index contributed by atoms with van der Waals surface area (Å²) >= 11 is 0. The van der Waals surface area contributed by atoms with E-state index in [1.807, 2.05) is 24.4 Å². The number of aromatic amines is 1. The first-order chi connectivity index (χ1) is 7.24. The number of H-pyrrole nitrogens is 1. The summed E-state index contributed by atoms with van der Waals surface area (Å²) < 4.78 is 0. The highest BCUT2D eigenvalue weighted by Gasteiger charge is 2.15. The minimum atomic E-state index is 0.0126. The molecule has 0 aliphatic heterocycles. The van der Waals surface area contributed by atoms with E-state index in [1.165, 1.54) is 5.39 Å². The van der Waals surface area contributed by atoms with E-state index in [4.69, 9.17) is 5.73 Å². The maximum atomic E-state index is 6.17. The van der Waals surface area contributed by atoms with Crippen LogP contribution < -0.4 is 5.73 Å². The Morgan fingerprint density at radius 3 is 2.87 bits per heavy atom. The third-order valence-electron chi connectivity index (χ3n) is 2.92. The monoisotopic (exact) mass is 200 g/mol. The smallest absolute Gasteiger partial charge is 0.0457 e. The van der Waals surface area contributed by atoms with E-state index in [-0.39, 0.29) is 12.0 Å². The van der Waals surface area contributed by atoms with Crippen molar-refractivity contribution in [1.82, 2.24) is 4.98 Å². The average Bonchev–Trinajstić information content (AvgIpc) is 2.70. The van der Waals surface area contributed by atoms with Crippen molar-refractivity contribution in [3.8, 4) is 0 Å². The first kappa shape index (κ1) is 9.99. The molecule has 0 fully saturated rings. The third-order valence-corrected chi connectivity index (χ3v) is 2.92. The van der Waals surface area contributed by atoms with Crippen LogP contribution in [0.2, 0.25) is 0 Å². The predicted molar refractivity (Wildman–Crippen MR) is 64.6 cm³/mol. The normalized spacial score (nSPS) is 15.1. The van der Waals surface area contributed by atoms with Crippen molar-refractivity contribution in [1.29, 1.82) is 0 Å². The van der Waals surface area contributed by atoms with Gasteiger partial charge < -0.3 is 10.7 Å². The highest BCUT2D eigenvalue weighted by atomic mass is 14.7. The number of hydrogen-bond acceptors (Lipinski definition) is 1. The van der Waals surface area contributed by atoms with E-state index in [0.29, 0.717) is 0 Å². The van der Waals surface area contributed by atoms with E-state index < -0.39 is 0 Å². The van der Waals surface area contributed by atoms with Gasteiger partial charge in [-0.3, -0.25) is 0 Å². The SMILES string of the molecule is C=C[C@@H](C)C(N)c1c[nH]c2ccccc12. The number of fused-ring (bicyclic) bond motifs is 1. The molecule has 0 saturated heterocycles.